The quantitative estimate of drug-likeness (QED) is 0.510. The van der Waals surface area contributed by atoms with Crippen LogP contribution in [0.15, 0.2) is 42.5 Å². The number of carbonyl (C=O) groups excluding carboxylic acids is 4. The zero-order valence-electron chi connectivity index (χ0n) is 16.7. The van der Waals surface area contributed by atoms with Gasteiger partial charge >= 0.3 is 5.97 Å². The molecule has 2 aromatic rings. The maximum Gasteiger partial charge on any atom is 0.308 e. The number of amides is 2. The lowest BCUT2D eigenvalue weighted by molar-refractivity contribution is -0.142. The number of nitrogens with one attached hydrogen (secondary N) is 2. The summed E-state index contributed by atoms with van der Waals surface area (Å²) in [4.78, 5) is 48.1. The van der Waals surface area contributed by atoms with Crippen molar-refractivity contribution in [3.63, 3.8) is 0 Å². The fraction of sp³-hybridized carbons (Fsp3) is 0.273. The summed E-state index contributed by atoms with van der Waals surface area (Å²) >= 11 is 0. The van der Waals surface area contributed by atoms with Crippen molar-refractivity contribution in [3.05, 3.63) is 59.2 Å². The molecule has 8 heteroatoms. The minimum atomic E-state index is -0.602. The molecule has 1 heterocycles. The largest absolute Gasteiger partial charge is 0.496 e. The molecular weight excluding hydrogens is 388 g/mol. The Labute approximate surface area is 173 Å². The summed E-state index contributed by atoms with van der Waals surface area (Å²) in [5.74, 6) is -1.35. The summed E-state index contributed by atoms with van der Waals surface area (Å²) < 4.78 is 10.1. The van der Waals surface area contributed by atoms with Crippen molar-refractivity contribution < 1.29 is 28.7 Å². The van der Waals surface area contributed by atoms with Crippen LogP contribution in [0.25, 0.3) is 0 Å². The average Bonchev–Trinajstić information content (AvgIpc) is 3.04. The van der Waals surface area contributed by atoms with Gasteiger partial charge in [0.25, 0.3) is 5.91 Å². The summed E-state index contributed by atoms with van der Waals surface area (Å²) in [7, 11) is 1.47. The molecule has 156 valence electrons. The number of hydrogen-bond donors (Lipinski definition) is 2. The molecule has 0 bridgehead atoms. The molecule has 1 aliphatic rings. The van der Waals surface area contributed by atoms with Crippen molar-refractivity contribution in [2.75, 3.05) is 25.6 Å². The molecule has 0 fully saturated rings. The molecule has 0 aromatic heterocycles. The third-order valence-electron chi connectivity index (χ3n) is 4.82. The monoisotopic (exact) mass is 410 g/mol. The average molecular weight is 410 g/mol. The number of benzene rings is 2. The van der Waals surface area contributed by atoms with Crippen LogP contribution in [-0.2, 0) is 14.3 Å². The summed E-state index contributed by atoms with van der Waals surface area (Å²) in [5, 5.41) is 5.35. The number of hydrogen-bond acceptors (Lipinski definition) is 6. The first kappa shape index (κ1) is 21.0. The number of fused-ring (bicyclic) bond motifs is 1. The highest BCUT2D eigenvalue weighted by Gasteiger charge is 2.27. The summed E-state index contributed by atoms with van der Waals surface area (Å²) in [6.45, 7) is 1.41. The van der Waals surface area contributed by atoms with Crippen LogP contribution in [0.4, 0.5) is 5.69 Å². The number of ether oxygens (including phenoxy) is 2. The zero-order valence-corrected chi connectivity index (χ0v) is 16.7. The standard InChI is InChI=1S/C22H22N2O6/c1-13-16-11-14(7-8-17(16)24-21(13)27)18(25)12-30-20(26)9-10-23-22(28)15-5-3-4-6-19(15)29-2/h3-8,11,13H,9-10,12H2,1-2H3,(H,23,28)(H,24,27)/t13-/m1/s1. The maximum absolute atomic E-state index is 12.3. The normalized spacial score (nSPS) is 14.5. The van der Waals surface area contributed by atoms with Crippen LogP contribution in [0.5, 0.6) is 5.75 Å². The van der Waals surface area contributed by atoms with E-state index in [1.54, 1.807) is 49.4 Å². The zero-order chi connectivity index (χ0) is 21.7. The van der Waals surface area contributed by atoms with E-state index in [1.807, 2.05) is 0 Å². The Morgan fingerprint density at radius 1 is 1.13 bits per heavy atom. The predicted molar refractivity (Wildman–Crippen MR) is 109 cm³/mol. The van der Waals surface area contributed by atoms with E-state index in [9.17, 15) is 19.2 Å². The van der Waals surface area contributed by atoms with Gasteiger partial charge in [-0.1, -0.05) is 12.1 Å². The lowest BCUT2D eigenvalue weighted by atomic mass is 9.99. The molecule has 2 amide bonds. The van der Waals surface area contributed by atoms with Crippen LogP contribution < -0.4 is 15.4 Å². The van der Waals surface area contributed by atoms with Crippen molar-refractivity contribution >= 4 is 29.3 Å². The minimum Gasteiger partial charge on any atom is -0.496 e. The number of methoxy groups -OCH3 is 1. The summed E-state index contributed by atoms with van der Waals surface area (Å²) in [6, 6.07) is 11.6. The van der Waals surface area contributed by atoms with Crippen LogP contribution in [0, 0.1) is 0 Å². The second-order valence-corrected chi connectivity index (χ2v) is 6.80. The van der Waals surface area contributed by atoms with Crippen molar-refractivity contribution in [1.82, 2.24) is 5.32 Å². The topological polar surface area (TPSA) is 111 Å². The molecule has 0 saturated carbocycles. The smallest absolute Gasteiger partial charge is 0.308 e. The number of anilines is 1. The van der Waals surface area contributed by atoms with Gasteiger partial charge in [0, 0.05) is 17.8 Å². The van der Waals surface area contributed by atoms with E-state index >= 15 is 0 Å². The molecule has 3 rings (SSSR count). The molecule has 1 atom stereocenters. The number of rotatable bonds is 8. The number of carbonyl (C=O) groups is 4. The Balaban J connectivity index is 1.45. The Morgan fingerprint density at radius 2 is 1.90 bits per heavy atom. The van der Waals surface area contributed by atoms with Crippen molar-refractivity contribution in [2.24, 2.45) is 0 Å². The summed E-state index contributed by atoms with van der Waals surface area (Å²) in [6.07, 6.45) is -0.0756. The number of ketones is 1. The molecular formula is C22H22N2O6. The molecule has 1 aliphatic heterocycles. The summed E-state index contributed by atoms with van der Waals surface area (Å²) in [5.41, 5.74) is 2.17. The molecule has 0 aliphatic carbocycles. The first-order valence-corrected chi connectivity index (χ1v) is 9.45. The second kappa shape index (κ2) is 9.21. The molecule has 0 radical (unpaired) electrons. The Hall–Kier alpha value is -3.68. The van der Waals surface area contributed by atoms with Crippen LogP contribution in [0.3, 0.4) is 0 Å². The highest BCUT2D eigenvalue weighted by Crippen LogP contribution is 2.32. The van der Waals surface area contributed by atoms with Gasteiger partial charge in [-0.25, -0.2) is 0 Å². The van der Waals surface area contributed by atoms with Gasteiger partial charge in [0.1, 0.15) is 5.75 Å². The van der Waals surface area contributed by atoms with Crippen LogP contribution >= 0.6 is 0 Å². The molecule has 2 N–H and O–H groups in total. The first-order chi connectivity index (χ1) is 14.4. The van der Waals surface area contributed by atoms with E-state index in [0.717, 1.165) is 5.56 Å². The first-order valence-electron chi connectivity index (χ1n) is 9.45. The van der Waals surface area contributed by atoms with Gasteiger partial charge < -0.3 is 20.1 Å². The van der Waals surface area contributed by atoms with Gasteiger partial charge in [-0.2, -0.15) is 0 Å². The third-order valence-corrected chi connectivity index (χ3v) is 4.82. The molecule has 0 saturated heterocycles. The predicted octanol–water partition coefficient (Wildman–Crippen LogP) is 2.30. The van der Waals surface area contributed by atoms with Crippen molar-refractivity contribution in [1.29, 1.82) is 0 Å². The minimum absolute atomic E-state index is 0.0635. The van der Waals surface area contributed by atoms with E-state index in [2.05, 4.69) is 10.6 Å². The molecule has 8 nitrogen and oxygen atoms in total. The molecule has 0 spiro atoms. The van der Waals surface area contributed by atoms with Gasteiger partial charge in [-0.15, -0.1) is 0 Å². The number of esters is 1. The fourth-order valence-corrected chi connectivity index (χ4v) is 3.10. The Bertz CT molecular complexity index is 1000. The Morgan fingerprint density at radius 3 is 2.67 bits per heavy atom. The van der Waals surface area contributed by atoms with Crippen molar-refractivity contribution in [2.45, 2.75) is 19.3 Å². The van der Waals surface area contributed by atoms with Gasteiger partial charge in [-0.3, -0.25) is 19.2 Å². The fourth-order valence-electron chi connectivity index (χ4n) is 3.10. The second-order valence-electron chi connectivity index (χ2n) is 6.80. The van der Waals surface area contributed by atoms with Crippen molar-refractivity contribution in [3.8, 4) is 5.75 Å². The van der Waals surface area contributed by atoms with E-state index in [1.165, 1.54) is 7.11 Å². The third kappa shape index (κ3) is 4.65. The Kier molecular flexibility index (Phi) is 6.46. The number of Topliss-reactive ketones (excluding diaryl/α,β-unsaturated/α-hetero) is 1. The van der Waals surface area contributed by atoms with Gasteiger partial charge in [0.15, 0.2) is 12.4 Å². The SMILES string of the molecule is COc1ccccc1C(=O)NCCC(=O)OCC(=O)c1ccc2c(c1)[C@@H](C)C(=O)N2. The lowest BCUT2D eigenvalue weighted by Gasteiger charge is -2.09. The molecule has 30 heavy (non-hydrogen) atoms. The van der Waals surface area contributed by atoms with Gasteiger partial charge in [0.2, 0.25) is 5.91 Å². The van der Waals surface area contributed by atoms with Crippen LogP contribution in [0.1, 0.15) is 45.5 Å². The molecule has 0 unspecified atom stereocenters. The van der Waals surface area contributed by atoms with E-state index < -0.39 is 12.6 Å². The molecule has 2 aromatic carbocycles. The number of para-hydroxylation sites is 1. The van der Waals surface area contributed by atoms with Gasteiger partial charge in [-0.05, 0) is 42.8 Å². The highest BCUT2D eigenvalue weighted by atomic mass is 16.5. The van der Waals surface area contributed by atoms with E-state index in [0.29, 0.717) is 22.6 Å². The van der Waals surface area contributed by atoms with E-state index in [4.69, 9.17) is 9.47 Å². The maximum atomic E-state index is 12.3. The van der Waals surface area contributed by atoms with Gasteiger partial charge in [0.05, 0.1) is 25.0 Å². The van der Waals surface area contributed by atoms with Crippen LogP contribution in [0.2, 0.25) is 0 Å². The van der Waals surface area contributed by atoms with Crippen LogP contribution in [-0.4, -0.2) is 43.8 Å². The lowest BCUT2D eigenvalue weighted by Crippen LogP contribution is -2.27. The highest BCUT2D eigenvalue weighted by molar-refractivity contribution is 6.05. The van der Waals surface area contributed by atoms with E-state index in [-0.39, 0.29) is 36.5 Å².